The Balaban J connectivity index is 1.68. The van der Waals surface area contributed by atoms with E-state index in [0.29, 0.717) is 42.7 Å². The number of hydrogen-bond acceptors (Lipinski definition) is 8. The fraction of sp³-hybridized carbons (Fsp3) is 0.696. The van der Waals surface area contributed by atoms with Gasteiger partial charge in [0.2, 0.25) is 24.0 Å². The van der Waals surface area contributed by atoms with Crippen LogP contribution in [0.5, 0.6) is 0 Å². The Morgan fingerprint density at radius 1 is 1.20 bits per heavy atom. The minimum absolute atomic E-state index is 0.125. The number of carbonyl (C=O) groups is 3. The monoisotopic (exact) mass is 493 g/mol. The van der Waals surface area contributed by atoms with E-state index in [-0.39, 0.29) is 30.5 Å². The number of hydrogen-bond donors (Lipinski definition) is 4. The molecule has 0 spiro atoms. The molecule has 2 aliphatic rings. The van der Waals surface area contributed by atoms with Gasteiger partial charge in [-0.25, -0.2) is 15.0 Å². The molecule has 1 aromatic rings. The van der Waals surface area contributed by atoms with E-state index >= 15 is 4.39 Å². The molecule has 1 aliphatic carbocycles. The fourth-order valence-corrected chi connectivity index (χ4v) is 4.71. The summed E-state index contributed by atoms with van der Waals surface area (Å²) in [6.07, 6.45) is 7.25. The van der Waals surface area contributed by atoms with Gasteiger partial charge in [0.05, 0.1) is 12.5 Å². The summed E-state index contributed by atoms with van der Waals surface area (Å²) < 4.78 is 15.2. The van der Waals surface area contributed by atoms with Gasteiger partial charge in [-0.1, -0.05) is 32.6 Å². The first kappa shape index (κ1) is 26.6. The largest absolute Gasteiger partial charge is 0.356 e. The van der Waals surface area contributed by atoms with E-state index in [4.69, 9.17) is 0 Å². The minimum atomic E-state index is -0.826. The second-order valence-corrected chi connectivity index (χ2v) is 9.33. The molecule has 0 bridgehead atoms. The molecule has 1 saturated heterocycles. The molecular weight excluding hydrogens is 457 g/mol. The van der Waals surface area contributed by atoms with Crippen molar-refractivity contribution in [2.24, 2.45) is 11.8 Å². The molecular formula is C23H36FN7O4. The van der Waals surface area contributed by atoms with Crippen LogP contribution in [0, 0.1) is 17.7 Å². The van der Waals surface area contributed by atoms with Crippen LogP contribution in [0.1, 0.15) is 64.6 Å². The van der Waals surface area contributed by atoms with Gasteiger partial charge < -0.3 is 10.2 Å². The lowest BCUT2D eigenvalue weighted by atomic mass is 9.92. The number of rotatable bonds is 12. The topological polar surface area (TPSA) is 140 Å². The Morgan fingerprint density at radius 2 is 1.86 bits per heavy atom. The maximum atomic E-state index is 15.2. The molecule has 194 valence electrons. The summed E-state index contributed by atoms with van der Waals surface area (Å²) in [6.45, 7) is 4.68. The van der Waals surface area contributed by atoms with Gasteiger partial charge in [0.1, 0.15) is 11.9 Å². The molecule has 3 amide bonds. The molecule has 1 aliphatic heterocycles. The summed E-state index contributed by atoms with van der Waals surface area (Å²) >= 11 is 0. The highest BCUT2D eigenvalue weighted by molar-refractivity contribution is 5.84. The van der Waals surface area contributed by atoms with Crippen LogP contribution in [0.3, 0.4) is 0 Å². The van der Waals surface area contributed by atoms with Gasteiger partial charge in [0.15, 0.2) is 11.6 Å². The van der Waals surface area contributed by atoms with Crippen molar-refractivity contribution in [2.75, 3.05) is 30.4 Å². The maximum Gasteiger partial charge on any atom is 0.244 e. The van der Waals surface area contributed by atoms with Gasteiger partial charge in [-0.2, -0.15) is 4.39 Å². The van der Waals surface area contributed by atoms with Crippen LogP contribution >= 0.6 is 0 Å². The summed E-state index contributed by atoms with van der Waals surface area (Å²) in [4.78, 5) is 46.4. The molecule has 2 heterocycles. The van der Waals surface area contributed by atoms with Crippen LogP contribution in [0.15, 0.2) is 0 Å². The first-order valence-corrected chi connectivity index (χ1v) is 12.4. The number of hydrazine groups is 1. The van der Waals surface area contributed by atoms with E-state index in [0.717, 1.165) is 38.5 Å². The predicted molar refractivity (Wildman–Crippen MR) is 127 cm³/mol. The minimum Gasteiger partial charge on any atom is -0.356 e. The van der Waals surface area contributed by atoms with Crippen molar-refractivity contribution < 1.29 is 24.0 Å². The van der Waals surface area contributed by atoms with Gasteiger partial charge in [0.25, 0.3) is 0 Å². The highest BCUT2D eigenvalue weighted by atomic mass is 19.1. The van der Waals surface area contributed by atoms with Gasteiger partial charge in [-0.05, 0) is 32.1 Å². The zero-order valence-corrected chi connectivity index (χ0v) is 20.4. The van der Waals surface area contributed by atoms with Crippen LogP contribution in [0.4, 0.5) is 16.0 Å². The number of hydroxylamine groups is 2. The van der Waals surface area contributed by atoms with Crippen LogP contribution < -0.4 is 16.2 Å². The molecule has 0 aromatic carbocycles. The number of nitrogens with zero attached hydrogens (tertiary/aromatic N) is 4. The van der Waals surface area contributed by atoms with E-state index in [9.17, 15) is 19.6 Å². The molecule has 0 unspecified atom stereocenters. The first-order valence-electron chi connectivity index (χ1n) is 12.4. The molecule has 4 N–H and O–H groups in total. The third-order valence-corrected chi connectivity index (χ3v) is 6.65. The molecule has 3 rings (SSSR count). The number of likely N-dealkylation sites (tertiary alicyclic amines) is 1. The lowest BCUT2D eigenvalue weighted by molar-refractivity contribution is -0.154. The third kappa shape index (κ3) is 7.23. The molecule has 11 nitrogen and oxygen atoms in total. The second kappa shape index (κ2) is 12.6. The summed E-state index contributed by atoms with van der Waals surface area (Å²) in [5.74, 6) is -1.81. The predicted octanol–water partition coefficient (Wildman–Crippen LogP) is 2.09. The van der Waals surface area contributed by atoms with Crippen molar-refractivity contribution in [2.45, 2.75) is 71.3 Å². The lowest BCUT2D eigenvalue weighted by Crippen LogP contribution is -2.41. The number of amides is 3. The molecule has 35 heavy (non-hydrogen) atoms. The van der Waals surface area contributed by atoms with Gasteiger partial charge in [0, 0.05) is 19.5 Å². The van der Waals surface area contributed by atoms with Crippen molar-refractivity contribution in [3.05, 3.63) is 11.6 Å². The normalized spacial score (nSPS) is 17.7. The van der Waals surface area contributed by atoms with E-state index in [1.54, 1.807) is 11.8 Å². The smallest absolute Gasteiger partial charge is 0.244 e. The van der Waals surface area contributed by atoms with Crippen molar-refractivity contribution in [1.82, 2.24) is 25.4 Å². The summed E-state index contributed by atoms with van der Waals surface area (Å²) in [5.41, 5.74) is 5.00. The van der Waals surface area contributed by atoms with Gasteiger partial charge in [-0.15, -0.1) is 0 Å². The maximum absolute atomic E-state index is 15.2. The molecule has 0 radical (unpaired) electrons. The van der Waals surface area contributed by atoms with Gasteiger partial charge in [-0.3, -0.25) is 30.4 Å². The Labute approximate surface area is 204 Å². The molecule has 12 heteroatoms. The van der Waals surface area contributed by atoms with Crippen LogP contribution in [-0.4, -0.2) is 69.0 Å². The van der Waals surface area contributed by atoms with E-state index in [2.05, 4.69) is 26.1 Å². The number of aryl methyl sites for hydroxylation is 1. The Hall–Kier alpha value is -3.02. The van der Waals surface area contributed by atoms with Crippen LogP contribution in [0.25, 0.3) is 0 Å². The second-order valence-electron chi connectivity index (χ2n) is 9.33. The van der Waals surface area contributed by atoms with Crippen molar-refractivity contribution in [3.63, 3.8) is 0 Å². The fourth-order valence-electron chi connectivity index (χ4n) is 4.71. The highest BCUT2D eigenvalue weighted by Gasteiger charge is 2.28. The zero-order valence-electron chi connectivity index (χ0n) is 20.4. The third-order valence-electron chi connectivity index (χ3n) is 6.65. The van der Waals surface area contributed by atoms with Crippen molar-refractivity contribution in [3.8, 4) is 0 Å². The molecule has 1 aromatic heterocycles. The SMILES string of the molecule is CCc1nc(NNC(=O)[C@@H](CC2CCCC2)CN(O)C=O)c(F)c(N[C@H](C)C(=O)N2CCCC2)n1. The summed E-state index contributed by atoms with van der Waals surface area (Å²) in [7, 11) is 0. The lowest BCUT2D eigenvalue weighted by Gasteiger charge is -2.23. The van der Waals surface area contributed by atoms with Crippen molar-refractivity contribution >= 4 is 29.9 Å². The standard InChI is InChI=1S/C23H36FN7O4/c1-3-18-26-20(25-15(2)23(34)30-10-6-7-11-30)19(24)21(27-18)28-29-22(33)17(13-31(35)14-32)12-16-8-4-5-9-16/h14-17,35H,3-13H2,1-2H3,(H,29,33)(H2,25,26,27,28)/t15-,17+/m1/s1. The molecule has 2 atom stereocenters. The van der Waals surface area contributed by atoms with E-state index < -0.39 is 23.7 Å². The first-order chi connectivity index (χ1) is 16.8. The van der Waals surface area contributed by atoms with Gasteiger partial charge >= 0.3 is 0 Å². The highest BCUT2D eigenvalue weighted by Crippen LogP contribution is 2.30. The Morgan fingerprint density at radius 3 is 2.49 bits per heavy atom. The average Bonchev–Trinajstić information content (AvgIpc) is 3.57. The number of nitrogens with one attached hydrogen (secondary N) is 3. The summed E-state index contributed by atoms with van der Waals surface area (Å²) in [5, 5.41) is 12.9. The van der Waals surface area contributed by atoms with E-state index in [1.165, 1.54) is 0 Å². The summed E-state index contributed by atoms with van der Waals surface area (Å²) in [6, 6.07) is -0.681. The van der Waals surface area contributed by atoms with Crippen molar-refractivity contribution in [1.29, 1.82) is 0 Å². The Kier molecular flexibility index (Phi) is 9.58. The zero-order chi connectivity index (χ0) is 25.4. The van der Waals surface area contributed by atoms with E-state index in [1.807, 2.05) is 6.92 Å². The number of anilines is 2. The Bertz CT molecular complexity index is 891. The average molecular weight is 494 g/mol. The molecule has 1 saturated carbocycles. The number of carbonyl (C=O) groups excluding carboxylic acids is 3. The van der Waals surface area contributed by atoms with Crippen LogP contribution in [-0.2, 0) is 20.8 Å². The molecule has 2 fully saturated rings. The number of aromatic nitrogens is 2. The quantitative estimate of drug-likeness (QED) is 0.197. The number of halogens is 1. The van der Waals surface area contributed by atoms with Crippen LogP contribution in [0.2, 0.25) is 0 Å².